The smallest absolute Gasteiger partial charge is 0.164 e. The Bertz CT molecular complexity index is 3430. The number of rotatable bonds is 4. The van der Waals surface area contributed by atoms with E-state index in [4.69, 9.17) is 19.4 Å². The largest absolute Gasteiger partial charge is 0.456 e. The number of aromatic nitrogens is 3. The Kier molecular flexibility index (Phi) is 6.89. The lowest BCUT2D eigenvalue weighted by Gasteiger charge is -2.11. The van der Waals surface area contributed by atoms with Gasteiger partial charge in [0.15, 0.2) is 17.5 Å². The van der Waals surface area contributed by atoms with Crippen LogP contribution in [0.5, 0.6) is 0 Å². The second kappa shape index (κ2) is 12.3. The van der Waals surface area contributed by atoms with E-state index in [2.05, 4.69) is 133 Å². The summed E-state index contributed by atoms with van der Waals surface area (Å²) in [6.45, 7) is 0. The lowest BCUT2D eigenvalue weighted by molar-refractivity contribution is 0.669. The highest BCUT2D eigenvalue weighted by molar-refractivity contribution is 7.20. The molecule has 1 aliphatic carbocycles. The molecule has 12 rings (SSSR count). The van der Waals surface area contributed by atoms with Gasteiger partial charge in [-0.05, 0) is 92.7 Å². The standard InChI is InChI=1S/C51H31N3OS/c1-2-12-32(13-3-1)49-52-50(35-24-23-31-22-21-30-11-4-6-15-36(30)41(31)28-35)54-51(53-49)40-18-10-19-43-46(40)38-26-25-34(29-44(38)55-43)42-27-33-14-5-7-16-37(33)47-39-17-8-9-20-45(39)56-48(42)47/h1-7,9-16,18-29H,8,17H2. The molecule has 0 unspecified atom stereocenters. The minimum Gasteiger partial charge on any atom is -0.456 e. The van der Waals surface area contributed by atoms with Crippen LogP contribution in [0.1, 0.15) is 16.9 Å². The van der Waals surface area contributed by atoms with Crippen LogP contribution in [-0.2, 0) is 6.42 Å². The zero-order chi connectivity index (χ0) is 36.7. The summed E-state index contributed by atoms with van der Waals surface area (Å²) in [6.07, 6.45) is 6.77. The van der Waals surface area contributed by atoms with E-state index in [9.17, 15) is 0 Å². The highest BCUT2D eigenvalue weighted by Crippen LogP contribution is 2.46. The van der Waals surface area contributed by atoms with E-state index in [-0.39, 0.29) is 0 Å². The number of benzene rings is 8. The molecule has 11 aromatic rings. The number of hydrogen-bond donors (Lipinski definition) is 0. The molecule has 1 aliphatic rings. The van der Waals surface area contributed by atoms with Crippen molar-refractivity contribution in [3.05, 3.63) is 168 Å². The number of fused-ring (bicyclic) bond motifs is 11. The van der Waals surface area contributed by atoms with Gasteiger partial charge in [0.05, 0.1) is 0 Å². The minimum atomic E-state index is 0.609. The Hall–Kier alpha value is -6.95. The van der Waals surface area contributed by atoms with E-state index in [0.29, 0.717) is 17.5 Å². The first-order valence-electron chi connectivity index (χ1n) is 19.1. The monoisotopic (exact) mass is 733 g/mol. The van der Waals surface area contributed by atoms with E-state index in [1.165, 1.54) is 58.4 Å². The fourth-order valence-electron chi connectivity index (χ4n) is 8.71. The minimum absolute atomic E-state index is 0.609. The SMILES string of the molecule is C1=Cc2sc3c(-c4ccc5c(c4)oc4cccc(-c6nc(-c7ccccc7)nc(-c7ccc8ccc9ccccc9c8c7)n6)c45)cc4ccccc4c3c2CC1. The van der Waals surface area contributed by atoms with Crippen LogP contribution in [0.15, 0.2) is 162 Å². The third kappa shape index (κ3) is 4.88. The fourth-order valence-corrected chi connectivity index (χ4v) is 10.0. The Labute approximate surface area is 326 Å². The molecule has 8 aromatic carbocycles. The summed E-state index contributed by atoms with van der Waals surface area (Å²) < 4.78 is 8.03. The molecule has 3 heterocycles. The first-order chi connectivity index (χ1) is 27.7. The van der Waals surface area contributed by atoms with Crippen molar-refractivity contribution in [1.82, 2.24) is 15.0 Å². The normalized spacial score (nSPS) is 12.8. The van der Waals surface area contributed by atoms with Gasteiger partial charge in [-0.1, -0.05) is 127 Å². The highest BCUT2D eigenvalue weighted by Gasteiger charge is 2.22. The Morgan fingerprint density at radius 3 is 2.09 bits per heavy atom. The van der Waals surface area contributed by atoms with Gasteiger partial charge in [-0.15, -0.1) is 11.3 Å². The third-order valence-corrected chi connectivity index (χ3v) is 12.6. The molecule has 0 saturated heterocycles. The van der Waals surface area contributed by atoms with Crippen LogP contribution in [0.25, 0.3) is 116 Å². The van der Waals surface area contributed by atoms with Gasteiger partial charge in [0, 0.05) is 48.0 Å². The third-order valence-electron chi connectivity index (χ3n) is 11.4. The molecule has 262 valence electrons. The average Bonchev–Trinajstić information content (AvgIpc) is 3.85. The maximum absolute atomic E-state index is 6.70. The molecule has 0 aliphatic heterocycles. The van der Waals surface area contributed by atoms with Gasteiger partial charge in [0.2, 0.25) is 0 Å². The quantitative estimate of drug-likeness (QED) is 0.169. The van der Waals surface area contributed by atoms with Crippen LogP contribution in [0.2, 0.25) is 0 Å². The Balaban J connectivity index is 1.05. The molecule has 0 spiro atoms. The van der Waals surface area contributed by atoms with Crippen LogP contribution < -0.4 is 0 Å². The molecule has 0 atom stereocenters. The molecule has 5 heteroatoms. The van der Waals surface area contributed by atoms with Crippen LogP contribution in [0.3, 0.4) is 0 Å². The van der Waals surface area contributed by atoms with Gasteiger partial charge >= 0.3 is 0 Å². The van der Waals surface area contributed by atoms with Gasteiger partial charge in [-0.3, -0.25) is 0 Å². The predicted molar refractivity (Wildman–Crippen MR) is 234 cm³/mol. The summed E-state index contributed by atoms with van der Waals surface area (Å²) in [7, 11) is 0. The molecule has 56 heavy (non-hydrogen) atoms. The van der Waals surface area contributed by atoms with Crippen LogP contribution in [0.4, 0.5) is 0 Å². The molecule has 0 N–H and O–H groups in total. The number of thiophene rings is 1. The van der Waals surface area contributed by atoms with Crippen LogP contribution >= 0.6 is 11.3 Å². The van der Waals surface area contributed by atoms with Gasteiger partial charge < -0.3 is 4.42 Å². The van der Waals surface area contributed by atoms with Crippen LogP contribution in [0, 0.1) is 0 Å². The average molecular weight is 734 g/mol. The topological polar surface area (TPSA) is 51.8 Å². The number of nitrogens with zero attached hydrogens (tertiary/aromatic N) is 3. The van der Waals surface area contributed by atoms with E-state index >= 15 is 0 Å². The zero-order valence-corrected chi connectivity index (χ0v) is 31.0. The van der Waals surface area contributed by atoms with Crippen molar-refractivity contribution in [2.24, 2.45) is 0 Å². The number of furan rings is 1. The van der Waals surface area contributed by atoms with Gasteiger partial charge in [0.25, 0.3) is 0 Å². The maximum atomic E-state index is 6.70. The van der Waals surface area contributed by atoms with E-state index in [0.717, 1.165) is 57.0 Å². The first kappa shape index (κ1) is 31.4. The van der Waals surface area contributed by atoms with E-state index in [1.54, 1.807) is 0 Å². The van der Waals surface area contributed by atoms with Crippen molar-refractivity contribution >= 4 is 81.8 Å². The van der Waals surface area contributed by atoms with Crippen molar-refractivity contribution in [2.75, 3.05) is 0 Å². The second-order valence-corrected chi connectivity index (χ2v) is 15.7. The van der Waals surface area contributed by atoms with Gasteiger partial charge in [-0.25, -0.2) is 15.0 Å². The van der Waals surface area contributed by atoms with Crippen molar-refractivity contribution in [3.63, 3.8) is 0 Å². The molecule has 0 saturated carbocycles. The summed E-state index contributed by atoms with van der Waals surface area (Å²) in [5.74, 6) is 1.87. The van der Waals surface area contributed by atoms with E-state index in [1.807, 2.05) is 41.7 Å². The van der Waals surface area contributed by atoms with Crippen molar-refractivity contribution in [2.45, 2.75) is 12.8 Å². The Morgan fingerprint density at radius 2 is 1.20 bits per heavy atom. The molecule has 0 amide bonds. The highest BCUT2D eigenvalue weighted by atomic mass is 32.1. The molecule has 3 aromatic heterocycles. The van der Waals surface area contributed by atoms with E-state index < -0.39 is 0 Å². The first-order valence-corrected chi connectivity index (χ1v) is 19.9. The molecule has 0 fully saturated rings. The van der Waals surface area contributed by atoms with Crippen molar-refractivity contribution in [1.29, 1.82) is 0 Å². The van der Waals surface area contributed by atoms with Crippen LogP contribution in [-0.4, -0.2) is 15.0 Å². The summed E-state index contributed by atoms with van der Waals surface area (Å²) in [4.78, 5) is 16.8. The number of aryl methyl sites for hydroxylation is 1. The molecule has 4 nitrogen and oxygen atoms in total. The summed E-state index contributed by atoms with van der Waals surface area (Å²) in [5.41, 5.74) is 8.29. The summed E-state index contributed by atoms with van der Waals surface area (Å²) >= 11 is 1.91. The Morgan fingerprint density at radius 1 is 0.464 bits per heavy atom. The molecular formula is C51H31N3OS. The number of hydrogen-bond acceptors (Lipinski definition) is 5. The second-order valence-electron chi connectivity index (χ2n) is 14.6. The molecular weight excluding hydrogens is 703 g/mol. The molecule has 0 bridgehead atoms. The summed E-state index contributed by atoms with van der Waals surface area (Å²) in [6, 6.07) is 53.5. The lowest BCUT2D eigenvalue weighted by atomic mass is 9.93. The maximum Gasteiger partial charge on any atom is 0.164 e. The van der Waals surface area contributed by atoms with Crippen molar-refractivity contribution < 1.29 is 4.42 Å². The predicted octanol–water partition coefficient (Wildman–Crippen LogP) is 14.1. The fraction of sp³-hybridized carbons (Fsp3) is 0.0392. The van der Waals surface area contributed by atoms with Gasteiger partial charge in [-0.2, -0.15) is 0 Å². The lowest BCUT2D eigenvalue weighted by Crippen LogP contribution is -2.00. The van der Waals surface area contributed by atoms with Crippen molar-refractivity contribution in [3.8, 4) is 45.3 Å². The van der Waals surface area contributed by atoms with Gasteiger partial charge in [0.1, 0.15) is 11.2 Å². The number of allylic oxidation sites excluding steroid dienone is 1. The molecule has 0 radical (unpaired) electrons. The summed E-state index contributed by atoms with van der Waals surface area (Å²) in [5, 5.41) is 10.8. The zero-order valence-electron chi connectivity index (χ0n) is 30.2.